The van der Waals surface area contributed by atoms with Gasteiger partial charge in [-0.1, -0.05) is 6.07 Å². The van der Waals surface area contributed by atoms with Gasteiger partial charge in [0.25, 0.3) is 0 Å². The molecule has 0 amide bonds. The summed E-state index contributed by atoms with van der Waals surface area (Å²) in [5.41, 5.74) is 2.37. The number of anilines is 1. The van der Waals surface area contributed by atoms with Gasteiger partial charge in [0.2, 0.25) is 0 Å². The summed E-state index contributed by atoms with van der Waals surface area (Å²) in [5, 5.41) is 12.5. The van der Waals surface area contributed by atoms with Crippen LogP contribution in [0.2, 0.25) is 0 Å². The van der Waals surface area contributed by atoms with Crippen molar-refractivity contribution < 1.29 is 9.90 Å². The molecule has 1 aromatic rings. The number of likely N-dealkylation sites (N-methyl/N-ethyl adjacent to an activating group) is 1. The molecule has 2 N–H and O–H groups in total. The van der Waals surface area contributed by atoms with Gasteiger partial charge in [-0.05, 0) is 51.1 Å². The first kappa shape index (κ1) is 12.9. The topological polar surface area (TPSA) is 52.6 Å². The van der Waals surface area contributed by atoms with Crippen molar-refractivity contribution in [3.8, 4) is 0 Å². The highest BCUT2D eigenvalue weighted by atomic mass is 16.4. The van der Waals surface area contributed by atoms with Crippen LogP contribution in [-0.2, 0) is 0 Å². The highest BCUT2D eigenvalue weighted by Gasteiger charge is 2.17. The van der Waals surface area contributed by atoms with Crippen LogP contribution >= 0.6 is 0 Å². The van der Waals surface area contributed by atoms with Crippen molar-refractivity contribution in [1.29, 1.82) is 0 Å². The summed E-state index contributed by atoms with van der Waals surface area (Å²) in [6.45, 7) is 4.16. The summed E-state index contributed by atoms with van der Waals surface area (Å²) < 4.78 is 0. The molecule has 1 aromatic carbocycles. The molecule has 4 heteroatoms. The van der Waals surface area contributed by atoms with Gasteiger partial charge in [0, 0.05) is 18.3 Å². The Morgan fingerprint density at radius 2 is 2.28 bits per heavy atom. The van der Waals surface area contributed by atoms with Crippen molar-refractivity contribution in [2.45, 2.75) is 25.8 Å². The molecule has 1 fully saturated rings. The van der Waals surface area contributed by atoms with Crippen molar-refractivity contribution in [1.82, 2.24) is 4.90 Å². The third-order valence-corrected chi connectivity index (χ3v) is 3.47. The number of rotatable bonds is 3. The molecule has 1 heterocycles. The molecule has 18 heavy (non-hydrogen) atoms. The van der Waals surface area contributed by atoms with Crippen molar-refractivity contribution in [3.05, 3.63) is 29.3 Å². The Morgan fingerprint density at radius 1 is 1.50 bits per heavy atom. The second-order valence-electron chi connectivity index (χ2n) is 5.08. The number of carboxylic acids is 1. The van der Waals surface area contributed by atoms with Gasteiger partial charge < -0.3 is 15.3 Å². The largest absolute Gasteiger partial charge is 0.478 e. The number of hydrogen-bond acceptors (Lipinski definition) is 3. The van der Waals surface area contributed by atoms with Gasteiger partial charge in [-0.15, -0.1) is 0 Å². The molecule has 4 nitrogen and oxygen atoms in total. The van der Waals surface area contributed by atoms with Crippen molar-refractivity contribution >= 4 is 11.7 Å². The fourth-order valence-electron chi connectivity index (χ4n) is 2.41. The number of aryl methyl sites for hydroxylation is 1. The molecule has 0 aromatic heterocycles. The van der Waals surface area contributed by atoms with Crippen molar-refractivity contribution in [3.63, 3.8) is 0 Å². The van der Waals surface area contributed by atoms with E-state index in [9.17, 15) is 4.79 Å². The second kappa shape index (κ2) is 5.40. The van der Waals surface area contributed by atoms with E-state index in [1.165, 1.54) is 6.42 Å². The van der Waals surface area contributed by atoms with Crippen LogP contribution in [0.3, 0.4) is 0 Å². The Labute approximate surface area is 108 Å². The lowest BCUT2D eigenvalue weighted by Gasteiger charge is -2.31. The Bertz CT molecular complexity index is 445. The molecular formula is C14H20N2O2. The van der Waals surface area contributed by atoms with E-state index in [2.05, 4.69) is 17.3 Å². The number of aromatic carboxylic acids is 1. The van der Waals surface area contributed by atoms with Crippen molar-refractivity contribution in [2.24, 2.45) is 0 Å². The molecule has 1 aliphatic heterocycles. The van der Waals surface area contributed by atoms with Gasteiger partial charge in [-0.2, -0.15) is 0 Å². The molecule has 0 saturated carbocycles. The lowest BCUT2D eigenvalue weighted by molar-refractivity contribution is 0.0697. The average molecular weight is 248 g/mol. The van der Waals surface area contributed by atoms with E-state index < -0.39 is 5.97 Å². The number of benzene rings is 1. The normalized spacial score (nSPS) is 20.7. The van der Waals surface area contributed by atoms with Crippen LogP contribution in [0.4, 0.5) is 5.69 Å². The Morgan fingerprint density at radius 3 is 2.94 bits per heavy atom. The Balaban J connectivity index is 2.12. The zero-order valence-corrected chi connectivity index (χ0v) is 10.9. The quantitative estimate of drug-likeness (QED) is 0.861. The maximum Gasteiger partial charge on any atom is 0.335 e. The minimum atomic E-state index is -0.876. The van der Waals surface area contributed by atoms with Crippen LogP contribution in [0.5, 0.6) is 0 Å². The molecule has 2 rings (SSSR count). The zero-order valence-electron chi connectivity index (χ0n) is 10.9. The van der Waals surface area contributed by atoms with E-state index >= 15 is 0 Å². The number of hydrogen-bond donors (Lipinski definition) is 2. The molecule has 0 spiro atoms. The van der Waals surface area contributed by atoms with Gasteiger partial charge in [-0.3, -0.25) is 0 Å². The van der Waals surface area contributed by atoms with Gasteiger partial charge in [0.05, 0.1) is 5.56 Å². The third kappa shape index (κ3) is 3.01. The first-order valence-electron chi connectivity index (χ1n) is 6.35. The lowest BCUT2D eigenvalue weighted by atomic mass is 10.0. The summed E-state index contributed by atoms with van der Waals surface area (Å²) in [6, 6.07) is 5.65. The molecule has 0 aliphatic carbocycles. The van der Waals surface area contributed by atoms with Crippen molar-refractivity contribution in [2.75, 3.05) is 25.5 Å². The molecule has 0 bridgehead atoms. The smallest absolute Gasteiger partial charge is 0.335 e. The fourth-order valence-corrected chi connectivity index (χ4v) is 2.41. The summed E-state index contributed by atoms with van der Waals surface area (Å²) in [5.74, 6) is -0.876. The van der Waals surface area contributed by atoms with Gasteiger partial charge in [-0.25, -0.2) is 4.79 Å². The SMILES string of the molecule is Cc1ccc(C(=O)O)cc1NC1CCCN(C)C1. The first-order valence-corrected chi connectivity index (χ1v) is 6.35. The number of likely N-dealkylation sites (tertiary alicyclic amines) is 1. The number of carbonyl (C=O) groups is 1. The Kier molecular flexibility index (Phi) is 3.87. The number of nitrogens with zero attached hydrogens (tertiary/aromatic N) is 1. The van der Waals surface area contributed by atoms with E-state index in [1.807, 2.05) is 13.0 Å². The molecule has 1 atom stereocenters. The number of carboxylic acid groups (broad SMARTS) is 1. The molecule has 1 unspecified atom stereocenters. The van der Waals surface area contributed by atoms with E-state index in [0.717, 1.165) is 30.8 Å². The fraction of sp³-hybridized carbons (Fsp3) is 0.500. The van der Waals surface area contributed by atoms with Gasteiger partial charge in [0.15, 0.2) is 0 Å². The van der Waals surface area contributed by atoms with Gasteiger partial charge in [0.1, 0.15) is 0 Å². The summed E-state index contributed by atoms with van der Waals surface area (Å²) in [6.07, 6.45) is 2.33. The van der Waals surface area contributed by atoms with E-state index in [0.29, 0.717) is 11.6 Å². The van der Waals surface area contributed by atoms with Gasteiger partial charge >= 0.3 is 5.97 Å². The Hall–Kier alpha value is -1.55. The summed E-state index contributed by atoms with van der Waals surface area (Å²) in [7, 11) is 2.12. The molecule has 1 aliphatic rings. The number of piperidine rings is 1. The zero-order chi connectivity index (χ0) is 13.1. The average Bonchev–Trinajstić information content (AvgIpc) is 2.31. The van der Waals surface area contributed by atoms with Crippen LogP contribution in [0.1, 0.15) is 28.8 Å². The summed E-state index contributed by atoms with van der Waals surface area (Å²) >= 11 is 0. The van der Waals surface area contributed by atoms with Crippen LogP contribution in [-0.4, -0.2) is 42.2 Å². The van der Waals surface area contributed by atoms with Crippen LogP contribution in [0.15, 0.2) is 18.2 Å². The molecule has 0 radical (unpaired) electrons. The predicted molar refractivity (Wildman–Crippen MR) is 72.3 cm³/mol. The third-order valence-electron chi connectivity index (χ3n) is 3.47. The van der Waals surface area contributed by atoms with E-state index in [4.69, 9.17) is 5.11 Å². The highest BCUT2D eigenvalue weighted by molar-refractivity contribution is 5.89. The highest BCUT2D eigenvalue weighted by Crippen LogP contribution is 2.20. The van der Waals surface area contributed by atoms with Crippen LogP contribution in [0, 0.1) is 6.92 Å². The van der Waals surface area contributed by atoms with E-state index in [-0.39, 0.29) is 0 Å². The maximum absolute atomic E-state index is 11.0. The first-order chi connectivity index (χ1) is 8.56. The standard InChI is InChI=1S/C14H20N2O2/c1-10-5-6-11(14(17)18)8-13(10)15-12-4-3-7-16(2)9-12/h5-6,8,12,15H,3-4,7,9H2,1-2H3,(H,17,18). The maximum atomic E-state index is 11.0. The molecule has 98 valence electrons. The number of nitrogens with one attached hydrogen (secondary N) is 1. The predicted octanol–water partition coefficient (Wildman–Crippen LogP) is 2.20. The minimum Gasteiger partial charge on any atom is -0.478 e. The molecular weight excluding hydrogens is 228 g/mol. The monoisotopic (exact) mass is 248 g/mol. The van der Waals surface area contributed by atoms with Crippen LogP contribution in [0.25, 0.3) is 0 Å². The second-order valence-corrected chi connectivity index (χ2v) is 5.08. The molecule has 1 saturated heterocycles. The van der Waals surface area contributed by atoms with Crippen LogP contribution < -0.4 is 5.32 Å². The summed E-state index contributed by atoms with van der Waals surface area (Å²) in [4.78, 5) is 13.3. The lowest BCUT2D eigenvalue weighted by Crippen LogP contribution is -2.39. The minimum absolute atomic E-state index is 0.340. The van der Waals surface area contributed by atoms with E-state index in [1.54, 1.807) is 12.1 Å².